The zero-order valence-corrected chi connectivity index (χ0v) is 9.32. The number of ether oxygens (including phenoxy) is 1. The third-order valence-corrected chi connectivity index (χ3v) is 2.32. The van der Waals surface area contributed by atoms with Gasteiger partial charge in [0.25, 0.3) is 0 Å². The van der Waals surface area contributed by atoms with E-state index in [4.69, 9.17) is 10.5 Å². The van der Waals surface area contributed by atoms with Crippen LogP contribution >= 0.6 is 0 Å². The number of hydrogen-bond donors (Lipinski definition) is 2. The summed E-state index contributed by atoms with van der Waals surface area (Å²) in [5.41, 5.74) is 6.63. The highest BCUT2D eigenvalue weighted by molar-refractivity contribution is 5.92. The fourth-order valence-electron chi connectivity index (χ4n) is 1.60. The molecule has 0 aliphatic carbocycles. The van der Waals surface area contributed by atoms with E-state index in [9.17, 15) is 0 Å². The molecule has 0 bridgehead atoms. The zero-order chi connectivity index (χ0) is 11.5. The quantitative estimate of drug-likeness (QED) is 0.802. The Bertz CT molecular complexity index is 513. The Morgan fingerprint density at radius 3 is 2.88 bits per heavy atom. The number of para-hydroxylation sites is 1. The Labute approximate surface area is 93.7 Å². The number of rotatable bonds is 3. The van der Waals surface area contributed by atoms with Crippen molar-refractivity contribution >= 4 is 16.7 Å². The molecule has 0 atom stereocenters. The fourth-order valence-corrected chi connectivity index (χ4v) is 1.60. The van der Waals surface area contributed by atoms with Crippen LogP contribution in [0.15, 0.2) is 18.2 Å². The molecule has 84 valence electrons. The molecule has 1 aromatic heterocycles. The van der Waals surface area contributed by atoms with Gasteiger partial charge in [-0.3, -0.25) is 0 Å². The van der Waals surface area contributed by atoms with Crippen molar-refractivity contribution in [1.82, 2.24) is 15.3 Å². The molecule has 0 amide bonds. The van der Waals surface area contributed by atoms with Gasteiger partial charge in [0.2, 0.25) is 0 Å². The molecule has 5 nitrogen and oxygen atoms in total. The van der Waals surface area contributed by atoms with Crippen molar-refractivity contribution in [2.75, 3.05) is 19.9 Å². The van der Waals surface area contributed by atoms with Crippen molar-refractivity contribution in [3.8, 4) is 5.75 Å². The van der Waals surface area contributed by atoms with Gasteiger partial charge in [-0.1, -0.05) is 6.07 Å². The first-order chi connectivity index (χ1) is 7.76. The first-order valence-corrected chi connectivity index (χ1v) is 5.00. The lowest BCUT2D eigenvalue weighted by atomic mass is 10.2. The van der Waals surface area contributed by atoms with Gasteiger partial charge in [-0.25, -0.2) is 9.97 Å². The van der Waals surface area contributed by atoms with E-state index < -0.39 is 0 Å². The van der Waals surface area contributed by atoms with E-state index in [-0.39, 0.29) is 0 Å². The lowest BCUT2D eigenvalue weighted by molar-refractivity contribution is 0.418. The van der Waals surface area contributed by atoms with Crippen LogP contribution in [0, 0.1) is 0 Å². The summed E-state index contributed by atoms with van der Waals surface area (Å²) in [5, 5.41) is 3.81. The standard InChI is InChI=1S/C11H14N4O/c1-13-6-9-14-10-7(11(12)15-9)4-3-5-8(10)16-2/h3-5,13H,6H2,1-2H3,(H2,12,14,15). The Kier molecular flexibility index (Phi) is 2.87. The van der Waals surface area contributed by atoms with Gasteiger partial charge in [0.1, 0.15) is 22.9 Å². The molecule has 1 heterocycles. The molecule has 0 saturated heterocycles. The van der Waals surface area contributed by atoms with Crippen LogP contribution in [0.5, 0.6) is 5.75 Å². The number of benzene rings is 1. The molecule has 0 fully saturated rings. The highest BCUT2D eigenvalue weighted by Crippen LogP contribution is 2.26. The number of methoxy groups -OCH3 is 1. The van der Waals surface area contributed by atoms with E-state index in [0.29, 0.717) is 23.9 Å². The number of nitrogen functional groups attached to an aromatic ring is 1. The monoisotopic (exact) mass is 218 g/mol. The maximum absolute atomic E-state index is 5.88. The maximum Gasteiger partial charge on any atom is 0.145 e. The SMILES string of the molecule is CNCc1nc(N)c2cccc(OC)c2n1. The Balaban J connectivity index is 2.67. The van der Waals surface area contributed by atoms with E-state index in [0.717, 1.165) is 10.9 Å². The number of fused-ring (bicyclic) bond motifs is 1. The Hall–Kier alpha value is -1.88. The summed E-state index contributed by atoms with van der Waals surface area (Å²) in [7, 11) is 3.46. The molecule has 3 N–H and O–H groups in total. The highest BCUT2D eigenvalue weighted by Gasteiger charge is 2.08. The van der Waals surface area contributed by atoms with Gasteiger partial charge in [-0.15, -0.1) is 0 Å². The topological polar surface area (TPSA) is 73.1 Å². The van der Waals surface area contributed by atoms with E-state index >= 15 is 0 Å². The van der Waals surface area contributed by atoms with E-state index in [2.05, 4.69) is 15.3 Å². The smallest absolute Gasteiger partial charge is 0.145 e. The maximum atomic E-state index is 5.88. The van der Waals surface area contributed by atoms with Crippen LogP contribution in [0.4, 0.5) is 5.82 Å². The molecule has 16 heavy (non-hydrogen) atoms. The zero-order valence-electron chi connectivity index (χ0n) is 9.32. The number of aromatic nitrogens is 2. The van der Waals surface area contributed by atoms with E-state index in [1.165, 1.54) is 0 Å². The minimum Gasteiger partial charge on any atom is -0.494 e. The predicted octanol–water partition coefficient (Wildman–Crippen LogP) is 0.940. The summed E-state index contributed by atoms with van der Waals surface area (Å²) in [6, 6.07) is 5.62. The number of anilines is 1. The van der Waals surface area contributed by atoms with Crippen LogP contribution in [0.25, 0.3) is 10.9 Å². The number of hydrogen-bond acceptors (Lipinski definition) is 5. The molecule has 5 heteroatoms. The molecule has 0 aliphatic rings. The summed E-state index contributed by atoms with van der Waals surface area (Å²) < 4.78 is 5.25. The predicted molar refractivity (Wildman–Crippen MR) is 63.3 cm³/mol. The molecular formula is C11H14N4O. The van der Waals surface area contributed by atoms with Gasteiger partial charge in [-0.2, -0.15) is 0 Å². The first-order valence-electron chi connectivity index (χ1n) is 5.00. The van der Waals surface area contributed by atoms with Crippen LogP contribution in [-0.2, 0) is 6.54 Å². The summed E-state index contributed by atoms with van der Waals surface area (Å²) in [6.45, 7) is 0.582. The molecule has 0 saturated carbocycles. The number of nitrogens with two attached hydrogens (primary N) is 1. The average Bonchev–Trinajstić information content (AvgIpc) is 2.29. The molecular weight excluding hydrogens is 204 g/mol. The summed E-state index contributed by atoms with van der Waals surface area (Å²) in [4.78, 5) is 8.63. The second-order valence-corrected chi connectivity index (χ2v) is 3.41. The number of nitrogens with zero attached hydrogens (tertiary/aromatic N) is 2. The van der Waals surface area contributed by atoms with Crippen molar-refractivity contribution in [3.05, 3.63) is 24.0 Å². The number of nitrogens with one attached hydrogen (secondary N) is 1. The van der Waals surface area contributed by atoms with Gasteiger partial charge in [0.15, 0.2) is 0 Å². The summed E-state index contributed by atoms with van der Waals surface area (Å²) in [5.74, 6) is 1.86. The van der Waals surface area contributed by atoms with Gasteiger partial charge in [-0.05, 0) is 19.2 Å². The van der Waals surface area contributed by atoms with Gasteiger partial charge in [0, 0.05) is 5.39 Å². The van der Waals surface area contributed by atoms with Gasteiger partial charge < -0.3 is 15.8 Å². The Morgan fingerprint density at radius 2 is 2.19 bits per heavy atom. The molecule has 2 aromatic rings. The van der Waals surface area contributed by atoms with Crippen molar-refractivity contribution in [1.29, 1.82) is 0 Å². The van der Waals surface area contributed by atoms with Crippen molar-refractivity contribution in [3.63, 3.8) is 0 Å². The lowest BCUT2D eigenvalue weighted by Gasteiger charge is -2.08. The van der Waals surface area contributed by atoms with E-state index in [1.54, 1.807) is 7.11 Å². The summed E-state index contributed by atoms with van der Waals surface area (Å²) >= 11 is 0. The van der Waals surface area contributed by atoms with Gasteiger partial charge >= 0.3 is 0 Å². The minimum absolute atomic E-state index is 0.481. The second kappa shape index (κ2) is 4.32. The van der Waals surface area contributed by atoms with Crippen molar-refractivity contribution < 1.29 is 4.74 Å². The van der Waals surface area contributed by atoms with Crippen LogP contribution in [-0.4, -0.2) is 24.1 Å². The summed E-state index contributed by atoms with van der Waals surface area (Å²) in [6.07, 6.45) is 0. The van der Waals surface area contributed by atoms with Crippen LogP contribution in [0.1, 0.15) is 5.82 Å². The largest absolute Gasteiger partial charge is 0.494 e. The molecule has 2 rings (SSSR count). The third-order valence-electron chi connectivity index (χ3n) is 2.32. The molecule has 0 aliphatic heterocycles. The first kappa shape index (κ1) is 10.6. The normalized spacial score (nSPS) is 10.6. The average molecular weight is 218 g/mol. The van der Waals surface area contributed by atoms with Crippen LogP contribution in [0.3, 0.4) is 0 Å². The van der Waals surface area contributed by atoms with Gasteiger partial charge in [0.05, 0.1) is 13.7 Å². The minimum atomic E-state index is 0.481. The lowest BCUT2D eigenvalue weighted by Crippen LogP contribution is -2.10. The highest BCUT2D eigenvalue weighted by atomic mass is 16.5. The molecule has 0 radical (unpaired) electrons. The van der Waals surface area contributed by atoms with Crippen LogP contribution in [0.2, 0.25) is 0 Å². The second-order valence-electron chi connectivity index (χ2n) is 3.41. The van der Waals surface area contributed by atoms with E-state index in [1.807, 2.05) is 25.2 Å². The molecule has 0 unspecified atom stereocenters. The Morgan fingerprint density at radius 1 is 1.38 bits per heavy atom. The third kappa shape index (κ3) is 1.77. The van der Waals surface area contributed by atoms with Crippen molar-refractivity contribution in [2.45, 2.75) is 6.54 Å². The fraction of sp³-hybridized carbons (Fsp3) is 0.273. The molecule has 0 spiro atoms. The van der Waals surface area contributed by atoms with Crippen molar-refractivity contribution in [2.24, 2.45) is 0 Å². The van der Waals surface area contributed by atoms with Crippen LogP contribution < -0.4 is 15.8 Å². The molecule has 1 aromatic carbocycles.